The van der Waals surface area contributed by atoms with E-state index in [-0.39, 0.29) is 37.4 Å². The fraction of sp³-hybridized carbons (Fsp3) is 1.00. The van der Waals surface area contributed by atoms with E-state index in [2.05, 4.69) is 4.18 Å². The van der Waals surface area contributed by atoms with Crippen molar-refractivity contribution in [3.05, 3.63) is 0 Å². The predicted octanol–water partition coefficient (Wildman–Crippen LogP) is 3.31. The van der Waals surface area contributed by atoms with Gasteiger partial charge in [-0.15, -0.1) is 0 Å². The molecule has 21 heavy (non-hydrogen) atoms. The molecule has 4 nitrogen and oxygen atoms in total. The molecule has 1 fully saturated rings. The van der Waals surface area contributed by atoms with Crippen LogP contribution < -0.4 is 0 Å². The topological polar surface area (TPSA) is 52.6 Å². The zero-order chi connectivity index (χ0) is 16.5. The molecule has 1 saturated carbocycles. The van der Waals surface area contributed by atoms with E-state index in [1.165, 1.54) is 0 Å². The van der Waals surface area contributed by atoms with Gasteiger partial charge in [0.1, 0.15) is 0 Å². The highest BCUT2D eigenvalue weighted by molar-refractivity contribution is 7.86. The van der Waals surface area contributed by atoms with Gasteiger partial charge in [0.05, 0.1) is 12.9 Å². The van der Waals surface area contributed by atoms with Gasteiger partial charge in [0.15, 0.2) is 13.9 Å². The largest absolute Gasteiger partial charge is 0.416 e. The molecule has 0 radical (unpaired) electrons. The summed E-state index contributed by atoms with van der Waals surface area (Å²) in [5, 5.41) is 0. The molecule has 1 aliphatic carbocycles. The Hall–Kier alpha value is -0.123. The minimum atomic E-state index is -4.43. The van der Waals surface area contributed by atoms with E-state index < -0.39 is 30.2 Å². The van der Waals surface area contributed by atoms with Crippen molar-refractivity contribution >= 4 is 18.4 Å². The quantitative estimate of drug-likeness (QED) is 0.565. The van der Waals surface area contributed by atoms with Crippen LogP contribution in [0.25, 0.3) is 0 Å². The predicted molar refractivity (Wildman–Crippen MR) is 76.0 cm³/mol. The smallest absolute Gasteiger partial charge is 0.404 e. The molecule has 126 valence electrons. The molecule has 0 atom stereocenters. The van der Waals surface area contributed by atoms with Crippen LogP contribution in [0.5, 0.6) is 0 Å². The molecule has 0 unspecified atom stereocenters. The average molecular weight is 348 g/mol. The maximum Gasteiger partial charge on any atom is 0.416 e. The number of alkyl halides is 3. The Morgan fingerprint density at radius 1 is 1.19 bits per heavy atom. The Labute approximate surface area is 125 Å². The Morgan fingerprint density at radius 2 is 1.67 bits per heavy atom. The zero-order valence-corrected chi connectivity index (χ0v) is 14.6. The summed E-state index contributed by atoms with van der Waals surface area (Å²) >= 11 is 0. The summed E-state index contributed by atoms with van der Waals surface area (Å²) in [4.78, 5) is 0. The van der Waals surface area contributed by atoms with Crippen LogP contribution in [0.1, 0.15) is 25.7 Å². The summed E-state index contributed by atoms with van der Waals surface area (Å²) in [6, 6.07) is 0. The number of hydrogen-bond donors (Lipinski definition) is 0. The first kappa shape index (κ1) is 18.9. The summed E-state index contributed by atoms with van der Waals surface area (Å²) < 4.78 is 72.8. The fourth-order valence-corrected chi connectivity index (χ4v) is 5.24. The van der Waals surface area contributed by atoms with Crippen LogP contribution >= 0.6 is 0 Å². The summed E-state index contributed by atoms with van der Waals surface area (Å²) in [5.74, 6) is -0.541. The fourth-order valence-electron chi connectivity index (χ4n) is 2.70. The van der Waals surface area contributed by atoms with E-state index in [1.54, 1.807) is 19.6 Å². The Kier molecular flexibility index (Phi) is 5.56. The van der Waals surface area contributed by atoms with Gasteiger partial charge in [0.25, 0.3) is 10.1 Å². The number of halogens is 3. The van der Waals surface area contributed by atoms with E-state index in [1.807, 2.05) is 0 Å². The Balaban J connectivity index is 2.81. The molecule has 9 heteroatoms. The molecule has 0 aliphatic heterocycles. The van der Waals surface area contributed by atoms with Crippen LogP contribution in [0.15, 0.2) is 0 Å². The molecule has 0 N–H and O–H groups in total. The third-order valence-corrected chi connectivity index (χ3v) is 6.02. The molecule has 0 amide bonds. The van der Waals surface area contributed by atoms with Gasteiger partial charge in [-0.3, -0.25) is 4.18 Å². The molecule has 0 aromatic carbocycles. The van der Waals surface area contributed by atoms with Crippen molar-refractivity contribution in [1.29, 1.82) is 0 Å². The number of rotatable bonds is 5. The lowest BCUT2D eigenvalue weighted by Gasteiger charge is -2.44. The van der Waals surface area contributed by atoms with Gasteiger partial charge in [-0.1, -0.05) is 0 Å². The van der Waals surface area contributed by atoms with E-state index in [0.29, 0.717) is 0 Å². The summed E-state index contributed by atoms with van der Waals surface area (Å²) in [6.45, 7) is 5.17. The minimum Gasteiger partial charge on any atom is -0.404 e. The van der Waals surface area contributed by atoms with E-state index in [9.17, 15) is 21.6 Å². The van der Waals surface area contributed by atoms with E-state index in [4.69, 9.17) is 4.43 Å². The van der Waals surface area contributed by atoms with Crippen molar-refractivity contribution in [2.75, 3.05) is 12.9 Å². The van der Waals surface area contributed by atoms with Crippen molar-refractivity contribution in [3.8, 4) is 0 Å². The van der Waals surface area contributed by atoms with Crippen LogP contribution in [0.3, 0.4) is 0 Å². The molecule has 0 saturated heterocycles. The number of hydrogen-bond acceptors (Lipinski definition) is 4. The van der Waals surface area contributed by atoms with Crippen LogP contribution in [0.2, 0.25) is 19.6 Å². The highest BCUT2D eigenvalue weighted by Crippen LogP contribution is 2.47. The van der Waals surface area contributed by atoms with Crippen LogP contribution in [0.4, 0.5) is 13.2 Å². The summed E-state index contributed by atoms with van der Waals surface area (Å²) in [6.07, 6.45) is -4.47. The molecular weight excluding hydrogens is 325 g/mol. The summed E-state index contributed by atoms with van der Waals surface area (Å²) in [7, 11) is -4.94. The second kappa shape index (κ2) is 6.17. The normalized spacial score (nSPS) is 28.6. The lowest BCUT2D eigenvalue weighted by atomic mass is 9.79. The van der Waals surface area contributed by atoms with Gasteiger partial charge in [0.2, 0.25) is 0 Å². The molecule has 1 rings (SSSR count). The average Bonchev–Trinajstić information content (AvgIpc) is 2.28. The molecule has 0 aromatic rings. The maximum absolute atomic E-state index is 13.4. The van der Waals surface area contributed by atoms with Gasteiger partial charge in [-0.25, -0.2) is 0 Å². The first-order valence-electron chi connectivity index (χ1n) is 6.85. The van der Waals surface area contributed by atoms with Crippen molar-refractivity contribution in [2.24, 2.45) is 5.92 Å². The molecule has 0 spiro atoms. The molecule has 0 bridgehead atoms. The first-order chi connectivity index (χ1) is 9.30. The minimum absolute atomic E-state index is 0.173. The lowest BCUT2D eigenvalue weighted by Crippen LogP contribution is -2.55. The second-order valence-electron chi connectivity index (χ2n) is 6.54. The molecule has 1 aliphatic rings. The van der Waals surface area contributed by atoms with Gasteiger partial charge in [0, 0.05) is 0 Å². The first-order valence-corrected chi connectivity index (χ1v) is 11.8. The second-order valence-corrected chi connectivity index (χ2v) is 12.8. The van der Waals surface area contributed by atoms with Gasteiger partial charge < -0.3 is 4.43 Å². The van der Waals surface area contributed by atoms with Crippen molar-refractivity contribution in [2.45, 2.75) is 57.1 Å². The van der Waals surface area contributed by atoms with Crippen molar-refractivity contribution < 1.29 is 30.2 Å². The van der Waals surface area contributed by atoms with Crippen LogP contribution in [0, 0.1) is 5.92 Å². The van der Waals surface area contributed by atoms with Crippen LogP contribution in [-0.2, 0) is 18.7 Å². The maximum atomic E-state index is 13.4. The Morgan fingerprint density at radius 3 is 2.00 bits per heavy atom. The van der Waals surface area contributed by atoms with Crippen LogP contribution in [-0.4, -0.2) is 41.4 Å². The highest BCUT2D eigenvalue weighted by Gasteiger charge is 2.58. The molecular formula is C12H23F3O4SSi. The van der Waals surface area contributed by atoms with E-state index >= 15 is 0 Å². The SMILES string of the molecule is COS(=O)(=O)CC1CCC(O[Si](C)(C)C)(C(F)(F)F)CC1. The monoisotopic (exact) mass is 348 g/mol. The van der Waals surface area contributed by atoms with Gasteiger partial charge in [-0.2, -0.15) is 21.6 Å². The molecule has 0 heterocycles. The zero-order valence-electron chi connectivity index (χ0n) is 12.8. The van der Waals surface area contributed by atoms with Gasteiger partial charge in [-0.05, 0) is 51.2 Å². The summed E-state index contributed by atoms with van der Waals surface area (Å²) in [5.41, 5.74) is -2.12. The lowest BCUT2D eigenvalue weighted by molar-refractivity contribution is -0.263. The third kappa shape index (κ3) is 5.22. The standard InChI is InChI=1S/C12H23F3O4SSi/c1-18-20(16,17)9-10-5-7-11(8-6-10,12(13,14)15)19-21(2,3)4/h10H,5-9H2,1-4H3. The third-order valence-electron chi connectivity index (χ3n) is 3.62. The van der Waals surface area contributed by atoms with Gasteiger partial charge >= 0.3 is 6.18 Å². The van der Waals surface area contributed by atoms with Crippen molar-refractivity contribution in [1.82, 2.24) is 0 Å². The Bertz CT molecular complexity index is 448. The van der Waals surface area contributed by atoms with Crippen molar-refractivity contribution in [3.63, 3.8) is 0 Å². The molecule has 0 aromatic heterocycles. The highest BCUT2D eigenvalue weighted by atomic mass is 32.2. The van der Waals surface area contributed by atoms with E-state index in [0.717, 1.165) is 7.11 Å².